The van der Waals surface area contributed by atoms with Gasteiger partial charge in [-0.05, 0) is 43.2 Å². The van der Waals surface area contributed by atoms with E-state index < -0.39 is 5.72 Å². The first-order chi connectivity index (χ1) is 14.0. The summed E-state index contributed by atoms with van der Waals surface area (Å²) in [7, 11) is 0. The van der Waals surface area contributed by atoms with Gasteiger partial charge in [-0.3, -0.25) is 9.69 Å². The summed E-state index contributed by atoms with van der Waals surface area (Å²) in [4.78, 5) is 19.4. The number of aryl methyl sites for hydroxylation is 2. The molecule has 0 aliphatic carbocycles. The van der Waals surface area contributed by atoms with Crippen molar-refractivity contribution in [1.82, 2.24) is 14.3 Å². The fourth-order valence-electron chi connectivity index (χ4n) is 4.09. The maximum atomic E-state index is 13.3. The molecule has 0 radical (unpaired) electrons. The predicted octanol–water partition coefficient (Wildman–Crippen LogP) is 3.80. The molecule has 144 valence electrons. The van der Waals surface area contributed by atoms with Crippen LogP contribution in [0.1, 0.15) is 38.3 Å². The summed E-state index contributed by atoms with van der Waals surface area (Å²) >= 11 is 0. The monoisotopic (exact) mass is 383 g/mol. The van der Waals surface area contributed by atoms with Crippen molar-refractivity contribution in [2.24, 2.45) is 0 Å². The van der Waals surface area contributed by atoms with Gasteiger partial charge in [0.05, 0.1) is 12.2 Å². The highest BCUT2D eigenvalue weighted by Gasteiger charge is 2.49. The molecule has 0 saturated carbocycles. The van der Waals surface area contributed by atoms with E-state index in [4.69, 9.17) is 0 Å². The highest BCUT2D eigenvalue weighted by Crippen LogP contribution is 2.43. The number of rotatable bonds is 3. The quantitative estimate of drug-likeness (QED) is 0.585. The lowest BCUT2D eigenvalue weighted by Gasteiger charge is -2.34. The molecule has 1 N–H and O–H groups in total. The molecule has 1 amide bonds. The number of amides is 1. The standard InChI is InChI=1S/C24H21N3O2/c1-16-10-11-18(13-17(16)2)24(29)21-8-4-3-7-20(21)23(28)27(24)15-19-14-26-12-6-5-9-22(26)25-19/h3-14,29H,15H2,1-2H3/t24-/m0/s1. The minimum Gasteiger partial charge on any atom is -0.363 e. The van der Waals surface area contributed by atoms with Crippen LogP contribution in [-0.2, 0) is 12.3 Å². The second-order valence-corrected chi connectivity index (χ2v) is 7.61. The van der Waals surface area contributed by atoms with Gasteiger partial charge in [-0.25, -0.2) is 4.98 Å². The van der Waals surface area contributed by atoms with Crippen LogP contribution in [0.5, 0.6) is 0 Å². The molecular formula is C24H21N3O2. The summed E-state index contributed by atoms with van der Waals surface area (Å²) in [6.07, 6.45) is 3.81. The maximum absolute atomic E-state index is 13.3. The summed E-state index contributed by atoms with van der Waals surface area (Å²) in [5.41, 5.74) is 4.02. The van der Waals surface area contributed by atoms with Crippen molar-refractivity contribution in [2.75, 3.05) is 0 Å². The van der Waals surface area contributed by atoms with Gasteiger partial charge < -0.3 is 9.51 Å². The Morgan fingerprint density at radius 1 is 1.00 bits per heavy atom. The van der Waals surface area contributed by atoms with E-state index in [2.05, 4.69) is 4.98 Å². The number of imidazole rings is 1. The predicted molar refractivity (Wildman–Crippen MR) is 110 cm³/mol. The molecular weight excluding hydrogens is 362 g/mol. The van der Waals surface area contributed by atoms with E-state index in [1.165, 1.54) is 4.90 Å². The molecule has 2 aromatic heterocycles. The smallest absolute Gasteiger partial charge is 0.257 e. The van der Waals surface area contributed by atoms with E-state index >= 15 is 0 Å². The highest BCUT2D eigenvalue weighted by atomic mass is 16.3. The van der Waals surface area contributed by atoms with E-state index in [0.717, 1.165) is 22.5 Å². The molecule has 1 atom stereocenters. The number of aromatic nitrogens is 2. The first-order valence-electron chi connectivity index (χ1n) is 9.62. The zero-order valence-corrected chi connectivity index (χ0v) is 16.3. The first-order valence-corrected chi connectivity index (χ1v) is 9.62. The molecule has 5 rings (SSSR count). The second-order valence-electron chi connectivity index (χ2n) is 7.61. The molecule has 0 bridgehead atoms. The summed E-state index contributed by atoms with van der Waals surface area (Å²) < 4.78 is 1.91. The Labute approximate surface area is 168 Å². The summed E-state index contributed by atoms with van der Waals surface area (Å²) in [6, 6.07) is 18.9. The Morgan fingerprint density at radius 3 is 2.59 bits per heavy atom. The third-order valence-electron chi connectivity index (χ3n) is 5.81. The van der Waals surface area contributed by atoms with Crippen LogP contribution in [-0.4, -0.2) is 25.3 Å². The van der Waals surface area contributed by atoms with Crippen molar-refractivity contribution in [2.45, 2.75) is 26.1 Å². The zero-order chi connectivity index (χ0) is 20.2. The van der Waals surface area contributed by atoms with Gasteiger partial charge in [0.2, 0.25) is 0 Å². The normalized spacial score (nSPS) is 18.4. The van der Waals surface area contributed by atoms with Crippen molar-refractivity contribution < 1.29 is 9.90 Å². The molecule has 5 nitrogen and oxygen atoms in total. The fraction of sp³-hybridized carbons (Fsp3) is 0.167. The Morgan fingerprint density at radius 2 is 1.79 bits per heavy atom. The minimum absolute atomic E-state index is 0.196. The average molecular weight is 383 g/mol. The number of carbonyl (C=O) groups is 1. The molecule has 0 unspecified atom stereocenters. The number of fused-ring (bicyclic) bond motifs is 2. The SMILES string of the molecule is Cc1ccc([C@]2(O)c3ccccc3C(=O)N2Cc2cn3ccccc3n2)cc1C. The Hall–Kier alpha value is -3.44. The van der Waals surface area contributed by atoms with Gasteiger partial charge >= 0.3 is 0 Å². The van der Waals surface area contributed by atoms with Crippen molar-refractivity contribution in [1.29, 1.82) is 0 Å². The molecule has 0 fully saturated rings. The zero-order valence-electron chi connectivity index (χ0n) is 16.3. The van der Waals surface area contributed by atoms with Crippen LogP contribution in [0.2, 0.25) is 0 Å². The number of carbonyl (C=O) groups excluding carboxylic acids is 1. The van der Waals surface area contributed by atoms with Gasteiger partial charge in [-0.1, -0.05) is 42.5 Å². The summed E-state index contributed by atoms with van der Waals surface area (Å²) in [5.74, 6) is -0.196. The van der Waals surface area contributed by atoms with E-state index in [-0.39, 0.29) is 12.5 Å². The van der Waals surface area contributed by atoms with Crippen molar-refractivity contribution >= 4 is 11.6 Å². The fourth-order valence-corrected chi connectivity index (χ4v) is 4.09. The Balaban J connectivity index is 1.65. The van der Waals surface area contributed by atoms with Crippen LogP contribution >= 0.6 is 0 Å². The second kappa shape index (κ2) is 6.29. The Bertz CT molecular complexity index is 1230. The van der Waals surface area contributed by atoms with E-state index in [9.17, 15) is 9.90 Å². The van der Waals surface area contributed by atoms with Gasteiger partial charge in [0, 0.05) is 29.1 Å². The van der Waals surface area contributed by atoms with E-state index in [1.54, 1.807) is 6.07 Å². The van der Waals surface area contributed by atoms with Crippen LogP contribution in [0.25, 0.3) is 5.65 Å². The molecule has 0 saturated heterocycles. The van der Waals surface area contributed by atoms with E-state index in [0.29, 0.717) is 16.7 Å². The van der Waals surface area contributed by atoms with Crippen LogP contribution in [0.15, 0.2) is 73.1 Å². The van der Waals surface area contributed by atoms with E-state index in [1.807, 2.05) is 85.2 Å². The third kappa shape index (κ3) is 2.58. The highest BCUT2D eigenvalue weighted by molar-refractivity contribution is 6.00. The summed E-state index contributed by atoms with van der Waals surface area (Å²) in [5, 5.41) is 12.0. The van der Waals surface area contributed by atoms with Crippen LogP contribution in [0, 0.1) is 13.8 Å². The lowest BCUT2D eigenvalue weighted by Crippen LogP contribution is -2.44. The van der Waals surface area contributed by atoms with Gasteiger partial charge in [0.1, 0.15) is 5.65 Å². The topological polar surface area (TPSA) is 57.8 Å². The number of nitrogens with zero attached hydrogens (tertiary/aromatic N) is 3. The maximum Gasteiger partial charge on any atom is 0.257 e. The molecule has 2 aromatic carbocycles. The lowest BCUT2D eigenvalue weighted by atomic mass is 9.91. The van der Waals surface area contributed by atoms with Crippen LogP contribution < -0.4 is 0 Å². The van der Waals surface area contributed by atoms with Gasteiger partial charge in [0.15, 0.2) is 5.72 Å². The third-order valence-corrected chi connectivity index (χ3v) is 5.81. The number of hydrogen-bond donors (Lipinski definition) is 1. The van der Waals surface area contributed by atoms with Crippen molar-refractivity contribution in [3.8, 4) is 0 Å². The van der Waals surface area contributed by atoms with Crippen LogP contribution in [0.4, 0.5) is 0 Å². The number of benzene rings is 2. The number of aliphatic hydroxyl groups is 1. The molecule has 0 spiro atoms. The molecule has 1 aliphatic heterocycles. The largest absolute Gasteiger partial charge is 0.363 e. The summed E-state index contributed by atoms with van der Waals surface area (Å²) in [6.45, 7) is 4.25. The number of pyridine rings is 1. The van der Waals surface area contributed by atoms with Gasteiger partial charge in [-0.2, -0.15) is 0 Å². The molecule has 29 heavy (non-hydrogen) atoms. The average Bonchev–Trinajstić information content (AvgIpc) is 3.24. The molecule has 3 heterocycles. The Kier molecular flexibility index (Phi) is 3.83. The van der Waals surface area contributed by atoms with Crippen molar-refractivity contribution in [3.05, 3.63) is 107 Å². The first kappa shape index (κ1) is 17.6. The van der Waals surface area contributed by atoms with Gasteiger partial charge in [-0.15, -0.1) is 0 Å². The van der Waals surface area contributed by atoms with Gasteiger partial charge in [0.25, 0.3) is 5.91 Å². The minimum atomic E-state index is -1.54. The molecule has 1 aliphatic rings. The molecule has 4 aromatic rings. The van der Waals surface area contributed by atoms with Crippen molar-refractivity contribution in [3.63, 3.8) is 0 Å². The lowest BCUT2D eigenvalue weighted by molar-refractivity contribution is -0.0547. The molecule has 5 heteroatoms. The number of hydrogen-bond acceptors (Lipinski definition) is 3. The van der Waals surface area contributed by atoms with Crippen LogP contribution in [0.3, 0.4) is 0 Å².